The molecule has 0 aliphatic heterocycles. The van der Waals surface area contributed by atoms with Gasteiger partial charge in [-0.2, -0.15) is 0 Å². The molecule has 0 atom stereocenters. The van der Waals surface area contributed by atoms with Crippen LogP contribution >= 0.6 is 11.6 Å². The summed E-state index contributed by atoms with van der Waals surface area (Å²) in [5.41, 5.74) is 0.121. The summed E-state index contributed by atoms with van der Waals surface area (Å²) < 4.78 is 0. The molecule has 0 radical (unpaired) electrons. The van der Waals surface area contributed by atoms with E-state index in [1.807, 2.05) is 0 Å². The molecule has 6 heteroatoms. The molecule has 0 bridgehead atoms. The highest BCUT2D eigenvalue weighted by Crippen LogP contribution is 2.32. The Kier molecular flexibility index (Phi) is 2.17. The third-order valence-electron chi connectivity index (χ3n) is 1.90. The fourth-order valence-electron chi connectivity index (χ4n) is 1.27. The van der Waals surface area contributed by atoms with Crippen LogP contribution in [-0.2, 0) is 0 Å². The number of nitrogens with zero attached hydrogens (tertiary/aromatic N) is 2. The largest absolute Gasteiger partial charge is 0.505 e. The van der Waals surface area contributed by atoms with E-state index < -0.39 is 11.7 Å². The predicted molar refractivity (Wildman–Crippen MR) is 53.2 cm³/mol. The molecule has 0 aliphatic carbocycles. The molecular formula is C9H5ClN2O3. The summed E-state index contributed by atoms with van der Waals surface area (Å²) in [5.74, 6) is -1.78. The second-order valence-corrected chi connectivity index (χ2v) is 3.22. The molecule has 2 N–H and O–H groups in total. The number of aromatic nitrogens is 2. The van der Waals surface area contributed by atoms with Crippen molar-refractivity contribution in [3.63, 3.8) is 0 Å². The van der Waals surface area contributed by atoms with Gasteiger partial charge in [-0.05, 0) is 6.07 Å². The number of hydrogen-bond donors (Lipinski definition) is 2. The number of benzene rings is 1. The molecule has 1 aromatic carbocycles. The lowest BCUT2D eigenvalue weighted by Crippen LogP contribution is -2.00. The van der Waals surface area contributed by atoms with Gasteiger partial charge in [0.2, 0.25) is 0 Å². The summed E-state index contributed by atoms with van der Waals surface area (Å²) in [6.45, 7) is 0. The molecule has 2 rings (SSSR count). The van der Waals surface area contributed by atoms with Crippen LogP contribution in [0, 0.1) is 0 Å². The number of rotatable bonds is 1. The van der Waals surface area contributed by atoms with Crippen LogP contribution in [0.1, 0.15) is 10.4 Å². The van der Waals surface area contributed by atoms with E-state index >= 15 is 0 Å². The first-order chi connectivity index (χ1) is 7.11. The van der Waals surface area contributed by atoms with Crippen LogP contribution < -0.4 is 0 Å². The predicted octanol–water partition coefficient (Wildman–Crippen LogP) is 1.69. The fourth-order valence-corrected chi connectivity index (χ4v) is 1.47. The van der Waals surface area contributed by atoms with E-state index in [0.29, 0.717) is 5.52 Å². The van der Waals surface area contributed by atoms with Gasteiger partial charge in [-0.1, -0.05) is 11.6 Å². The summed E-state index contributed by atoms with van der Waals surface area (Å²) in [6.07, 6.45) is 2.77. The zero-order valence-electron chi connectivity index (χ0n) is 7.31. The highest BCUT2D eigenvalue weighted by Gasteiger charge is 2.18. The number of phenols is 1. The number of fused-ring (bicyclic) bond motifs is 1. The lowest BCUT2D eigenvalue weighted by atomic mass is 10.1. The summed E-state index contributed by atoms with van der Waals surface area (Å²) in [4.78, 5) is 18.6. The van der Waals surface area contributed by atoms with Gasteiger partial charge < -0.3 is 10.2 Å². The minimum atomic E-state index is -1.29. The number of carboxylic acids is 1. The smallest absolute Gasteiger partial charge is 0.341 e. The van der Waals surface area contributed by atoms with E-state index in [9.17, 15) is 9.90 Å². The van der Waals surface area contributed by atoms with E-state index in [0.717, 1.165) is 0 Å². The van der Waals surface area contributed by atoms with Crippen molar-refractivity contribution in [3.05, 3.63) is 29.0 Å². The average molecular weight is 225 g/mol. The zero-order valence-corrected chi connectivity index (χ0v) is 8.06. The molecule has 0 saturated heterocycles. The topological polar surface area (TPSA) is 83.3 Å². The molecule has 1 aromatic heterocycles. The molecule has 76 valence electrons. The highest BCUT2D eigenvalue weighted by atomic mass is 35.5. The van der Waals surface area contributed by atoms with Crippen molar-refractivity contribution in [1.82, 2.24) is 9.97 Å². The molecule has 15 heavy (non-hydrogen) atoms. The molecule has 5 nitrogen and oxygen atoms in total. The molecule has 1 heterocycles. The number of aromatic hydroxyl groups is 1. The van der Waals surface area contributed by atoms with E-state index in [1.165, 1.54) is 18.5 Å². The molecule has 0 aliphatic rings. The first-order valence-electron chi connectivity index (χ1n) is 3.96. The average Bonchev–Trinajstić information content (AvgIpc) is 2.19. The maximum Gasteiger partial charge on any atom is 0.341 e. The van der Waals surface area contributed by atoms with Crippen LogP contribution in [0.3, 0.4) is 0 Å². The second kappa shape index (κ2) is 3.36. The van der Waals surface area contributed by atoms with Crippen LogP contribution in [0.2, 0.25) is 5.02 Å². The summed E-state index contributed by atoms with van der Waals surface area (Å²) in [6, 6.07) is 1.37. The van der Waals surface area contributed by atoms with Crippen molar-refractivity contribution in [3.8, 4) is 5.75 Å². The monoisotopic (exact) mass is 224 g/mol. The first kappa shape index (κ1) is 9.67. The van der Waals surface area contributed by atoms with Crippen molar-refractivity contribution in [2.24, 2.45) is 0 Å². The maximum atomic E-state index is 10.9. The van der Waals surface area contributed by atoms with Crippen molar-refractivity contribution in [2.75, 3.05) is 0 Å². The second-order valence-electron chi connectivity index (χ2n) is 2.81. The lowest BCUT2D eigenvalue weighted by Gasteiger charge is -2.04. The molecule has 0 spiro atoms. The Morgan fingerprint density at radius 3 is 2.67 bits per heavy atom. The molecular weight excluding hydrogens is 220 g/mol. The van der Waals surface area contributed by atoms with Gasteiger partial charge in [0.1, 0.15) is 11.1 Å². The van der Waals surface area contributed by atoms with Gasteiger partial charge in [-0.15, -0.1) is 0 Å². The Balaban J connectivity index is 2.95. The van der Waals surface area contributed by atoms with E-state index in [1.54, 1.807) is 0 Å². The van der Waals surface area contributed by atoms with E-state index in [2.05, 4.69) is 9.97 Å². The Morgan fingerprint density at radius 1 is 1.33 bits per heavy atom. The van der Waals surface area contributed by atoms with Crippen LogP contribution in [0.5, 0.6) is 5.75 Å². The van der Waals surface area contributed by atoms with Crippen molar-refractivity contribution < 1.29 is 15.0 Å². The van der Waals surface area contributed by atoms with Gasteiger partial charge in [0.25, 0.3) is 0 Å². The van der Waals surface area contributed by atoms with Crippen molar-refractivity contribution in [1.29, 1.82) is 0 Å². The summed E-state index contributed by atoms with van der Waals surface area (Å²) in [5, 5.41) is 18.3. The van der Waals surface area contributed by atoms with Crippen molar-refractivity contribution in [2.45, 2.75) is 0 Å². The van der Waals surface area contributed by atoms with Gasteiger partial charge in [0, 0.05) is 12.4 Å². The van der Waals surface area contributed by atoms with Gasteiger partial charge in [-0.3, -0.25) is 9.97 Å². The van der Waals surface area contributed by atoms with Crippen molar-refractivity contribution >= 4 is 28.6 Å². The lowest BCUT2D eigenvalue weighted by molar-refractivity contribution is 0.0696. The van der Waals surface area contributed by atoms with Crippen LogP contribution in [-0.4, -0.2) is 26.2 Å². The third kappa shape index (κ3) is 1.46. The third-order valence-corrected chi connectivity index (χ3v) is 2.19. The standard InChI is InChI=1S/C9H5ClN2O3/c10-4-3-5-7(12-2-1-11-5)6(8(4)13)9(14)15/h1-3,13H,(H,14,15). The SMILES string of the molecule is O=C(O)c1c(O)c(Cl)cc2nccnc12. The number of carboxylic acid groups (broad SMARTS) is 1. The van der Waals surface area contributed by atoms with Gasteiger partial charge in [-0.25, -0.2) is 4.79 Å². The Hall–Kier alpha value is -1.88. The normalized spacial score (nSPS) is 10.5. The minimum Gasteiger partial charge on any atom is -0.505 e. The van der Waals surface area contributed by atoms with Gasteiger partial charge in [0.15, 0.2) is 5.75 Å². The van der Waals surface area contributed by atoms with E-state index in [-0.39, 0.29) is 16.1 Å². The summed E-state index contributed by atoms with van der Waals surface area (Å²) >= 11 is 5.66. The fraction of sp³-hybridized carbons (Fsp3) is 0. The van der Waals surface area contributed by atoms with Crippen LogP contribution in [0.15, 0.2) is 18.5 Å². The number of hydrogen-bond acceptors (Lipinski definition) is 4. The van der Waals surface area contributed by atoms with Crippen LogP contribution in [0.25, 0.3) is 11.0 Å². The zero-order chi connectivity index (χ0) is 11.0. The highest BCUT2D eigenvalue weighted by molar-refractivity contribution is 6.33. The molecule has 0 amide bonds. The maximum absolute atomic E-state index is 10.9. The molecule has 0 fully saturated rings. The molecule has 2 aromatic rings. The quantitative estimate of drug-likeness (QED) is 0.770. The van der Waals surface area contributed by atoms with E-state index in [4.69, 9.17) is 16.7 Å². The number of halogens is 1. The summed E-state index contributed by atoms with van der Waals surface area (Å²) in [7, 11) is 0. The Bertz CT molecular complexity index is 556. The number of aromatic carboxylic acids is 1. The first-order valence-corrected chi connectivity index (χ1v) is 4.34. The molecule has 0 saturated carbocycles. The minimum absolute atomic E-state index is 0.0552. The Labute approximate surface area is 89.0 Å². The van der Waals surface area contributed by atoms with Gasteiger partial charge >= 0.3 is 5.97 Å². The number of carbonyl (C=O) groups is 1. The van der Waals surface area contributed by atoms with Crippen LogP contribution in [0.4, 0.5) is 0 Å². The van der Waals surface area contributed by atoms with Gasteiger partial charge in [0.05, 0.1) is 10.5 Å². The molecule has 0 unspecified atom stereocenters. The Morgan fingerprint density at radius 2 is 2.00 bits per heavy atom.